The number of carbonyl (C=O) groups is 2. The molecule has 0 saturated heterocycles. The van der Waals surface area contributed by atoms with Crippen LogP contribution < -0.4 is 0 Å². The van der Waals surface area contributed by atoms with Gasteiger partial charge in [-0.2, -0.15) is 0 Å². The Morgan fingerprint density at radius 3 is 1.52 bits per heavy atom. The Morgan fingerprint density at radius 2 is 1.09 bits per heavy atom. The molecule has 0 N–H and O–H groups in total. The van der Waals surface area contributed by atoms with E-state index in [1.807, 2.05) is 79.7 Å². The predicted octanol–water partition coefficient (Wildman–Crippen LogP) is 4.71. The van der Waals surface area contributed by atoms with Gasteiger partial charge in [0.2, 0.25) is 0 Å². The topological polar surface area (TPSA) is 34.1 Å². The number of aryl methyl sites for hydroxylation is 1. The smallest absolute Gasteiger partial charge is 0.194 e. The Bertz CT molecular complexity index is 814. The highest BCUT2D eigenvalue weighted by molar-refractivity contribution is 6.21. The lowest BCUT2D eigenvalue weighted by Crippen LogP contribution is -1.93. The molecule has 0 bridgehead atoms. The highest BCUT2D eigenvalue weighted by Gasteiger charge is 2.24. The number of ketones is 1. The van der Waals surface area contributed by atoms with Crippen molar-refractivity contribution in [1.29, 1.82) is 0 Å². The van der Waals surface area contributed by atoms with E-state index in [1.165, 1.54) is 5.56 Å². The molecule has 0 aliphatic heterocycles. The van der Waals surface area contributed by atoms with Crippen LogP contribution in [0.4, 0.5) is 0 Å². The van der Waals surface area contributed by atoms with Gasteiger partial charge in [-0.15, -0.1) is 0 Å². The van der Waals surface area contributed by atoms with E-state index in [1.54, 1.807) is 0 Å². The second-order valence-corrected chi connectivity index (χ2v) is 5.45. The van der Waals surface area contributed by atoms with Gasteiger partial charge >= 0.3 is 0 Å². The summed E-state index contributed by atoms with van der Waals surface area (Å²) >= 11 is 0. The zero-order chi connectivity index (χ0) is 16.2. The van der Waals surface area contributed by atoms with Crippen molar-refractivity contribution in [2.24, 2.45) is 0 Å². The van der Waals surface area contributed by atoms with E-state index < -0.39 is 0 Å². The molecular weight excluding hydrogens is 284 g/mol. The van der Waals surface area contributed by atoms with E-state index in [9.17, 15) is 9.59 Å². The summed E-state index contributed by atoms with van der Waals surface area (Å²) in [5.74, 6) is 0.149. The van der Waals surface area contributed by atoms with E-state index in [-0.39, 0.29) is 5.78 Å². The standard InChI is InChI=1S/C13H8O.C8H8O/c14-13-11-7-3-1-5-9(11)10-6-2-4-8-12(10)13;1-7-2-4-8(6-9)5-3-7/h1-8H;2-6H,1H3. The Morgan fingerprint density at radius 1 is 0.652 bits per heavy atom. The SMILES string of the molecule is Cc1ccc(C=O)cc1.O=C1c2ccccc2-c2ccccc21. The minimum absolute atomic E-state index is 0.149. The molecule has 4 rings (SSSR count). The van der Waals surface area contributed by atoms with Gasteiger partial charge in [0.25, 0.3) is 0 Å². The van der Waals surface area contributed by atoms with Crippen LogP contribution in [0.3, 0.4) is 0 Å². The molecule has 2 nitrogen and oxygen atoms in total. The lowest BCUT2D eigenvalue weighted by Gasteiger charge is -1.96. The molecule has 1 aliphatic carbocycles. The number of aldehydes is 1. The van der Waals surface area contributed by atoms with Gasteiger partial charge in [-0.05, 0) is 18.1 Å². The molecule has 112 valence electrons. The first kappa shape index (κ1) is 14.9. The van der Waals surface area contributed by atoms with E-state index in [4.69, 9.17) is 0 Å². The predicted molar refractivity (Wildman–Crippen MR) is 91.9 cm³/mol. The summed E-state index contributed by atoms with van der Waals surface area (Å²) in [4.78, 5) is 22.0. The Kier molecular flexibility index (Phi) is 4.15. The van der Waals surface area contributed by atoms with Crippen molar-refractivity contribution >= 4 is 12.1 Å². The normalized spacial score (nSPS) is 11.1. The van der Waals surface area contributed by atoms with Gasteiger partial charge in [0.05, 0.1) is 0 Å². The Balaban J connectivity index is 0.000000151. The van der Waals surface area contributed by atoms with Gasteiger partial charge in [-0.3, -0.25) is 9.59 Å². The van der Waals surface area contributed by atoms with Crippen LogP contribution in [0.2, 0.25) is 0 Å². The third-order valence-electron chi connectivity index (χ3n) is 3.85. The van der Waals surface area contributed by atoms with Crippen molar-refractivity contribution in [1.82, 2.24) is 0 Å². The summed E-state index contributed by atoms with van der Waals surface area (Å²) < 4.78 is 0. The molecular formula is C21H16O2. The summed E-state index contributed by atoms with van der Waals surface area (Å²) in [5.41, 5.74) is 5.70. The third-order valence-corrected chi connectivity index (χ3v) is 3.85. The van der Waals surface area contributed by atoms with Crippen molar-refractivity contribution in [3.63, 3.8) is 0 Å². The van der Waals surface area contributed by atoms with Crippen molar-refractivity contribution in [3.05, 3.63) is 95.1 Å². The minimum Gasteiger partial charge on any atom is -0.298 e. The average molecular weight is 300 g/mol. The second kappa shape index (κ2) is 6.41. The first-order chi connectivity index (χ1) is 11.2. The fourth-order valence-electron chi connectivity index (χ4n) is 2.62. The van der Waals surface area contributed by atoms with Gasteiger partial charge in [0.1, 0.15) is 6.29 Å². The zero-order valence-corrected chi connectivity index (χ0v) is 12.8. The van der Waals surface area contributed by atoms with Crippen LogP contribution in [0.25, 0.3) is 11.1 Å². The molecule has 0 saturated carbocycles. The maximum Gasteiger partial charge on any atom is 0.194 e. The monoisotopic (exact) mass is 300 g/mol. The van der Waals surface area contributed by atoms with Crippen LogP contribution in [-0.4, -0.2) is 12.1 Å². The van der Waals surface area contributed by atoms with Gasteiger partial charge in [-0.25, -0.2) is 0 Å². The number of rotatable bonds is 1. The summed E-state index contributed by atoms with van der Waals surface area (Å²) in [6.45, 7) is 1.99. The number of hydrogen-bond acceptors (Lipinski definition) is 2. The fraction of sp³-hybridized carbons (Fsp3) is 0.0476. The summed E-state index contributed by atoms with van der Waals surface area (Å²) in [7, 11) is 0. The van der Waals surface area contributed by atoms with Gasteiger partial charge < -0.3 is 0 Å². The van der Waals surface area contributed by atoms with Crippen LogP contribution >= 0.6 is 0 Å². The van der Waals surface area contributed by atoms with Crippen molar-refractivity contribution < 1.29 is 9.59 Å². The average Bonchev–Trinajstić information content (AvgIpc) is 2.90. The van der Waals surface area contributed by atoms with Gasteiger partial charge in [0.15, 0.2) is 5.78 Å². The number of hydrogen-bond donors (Lipinski definition) is 0. The van der Waals surface area contributed by atoms with Crippen LogP contribution in [0.1, 0.15) is 31.8 Å². The largest absolute Gasteiger partial charge is 0.298 e. The van der Waals surface area contributed by atoms with Crippen LogP contribution in [0.15, 0.2) is 72.8 Å². The molecule has 2 heteroatoms. The first-order valence-electron chi connectivity index (χ1n) is 7.45. The highest BCUT2D eigenvalue weighted by atomic mass is 16.1. The van der Waals surface area contributed by atoms with E-state index in [2.05, 4.69) is 0 Å². The molecule has 0 heterocycles. The lowest BCUT2D eigenvalue weighted by molar-refractivity contribution is 0.104. The van der Waals surface area contributed by atoms with Crippen molar-refractivity contribution in [2.75, 3.05) is 0 Å². The molecule has 0 unspecified atom stereocenters. The summed E-state index contributed by atoms with van der Waals surface area (Å²) in [6, 6.07) is 23.0. The minimum atomic E-state index is 0.149. The molecule has 0 amide bonds. The third kappa shape index (κ3) is 2.97. The molecule has 0 radical (unpaired) electrons. The molecule has 23 heavy (non-hydrogen) atoms. The van der Waals surface area contributed by atoms with Crippen molar-refractivity contribution in [2.45, 2.75) is 6.92 Å². The highest BCUT2D eigenvalue weighted by Crippen LogP contribution is 2.35. The number of carbonyl (C=O) groups excluding carboxylic acids is 2. The zero-order valence-electron chi connectivity index (χ0n) is 12.8. The van der Waals surface area contributed by atoms with Gasteiger partial charge in [0, 0.05) is 16.7 Å². The number of fused-ring (bicyclic) bond motifs is 3. The molecule has 0 spiro atoms. The molecule has 3 aromatic rings. The Labute approximate surface area is 135 Å². The maximum atomic E-state index is 11.9. The van der Waals surface area contributed by atoms with Crippen LogP contribution in [0, 0.1) is 6.92 Å². The Hall–Kier alpha value is -3.00. The maximum absolute atomic E-state index is 11.9. The second-order valence-electron chi connectivity index (χ2n) is 5.45. The quantitative estimate of drug-likeness (QED) is 0.477. The fourth-order valence-corrected chi connectivity index (χ4v) is 2.62. The number of benzene rings is 3. The molecule has 0 aromatic heterocycles. The molecule has 3 aromatic carbocycles. The molecule has 0 fully saturated rings. The first-order valence-corrected chi connectivity index (χ1v) is 7.45. The van der Waals surface area contributed by atoms with E-state index in [0.717, 1.165) is 34.1 Å². The molecule has 0 atom stereocenters. The lowest BCUT2D eigenvalue weighted by atomic mass is 10.1. The van der Waals surface area contributed by atoms with Crippen LogP contribution in [-0.2, 0) is 0 Å². The summed E-state index contributed by atoms with van der Waals surface area (Å²) in [6.07, 6.45) is 0.847. The molecule has 1 aliphatic rings. The van der Waals surface area contributed by atoms with E-state index >= 15 is 0 Å². The van der Waals surface area contributed by atoms with E-state index in [0.29, 0.717) is 0 Å². The van der Waals surface area contributed by atoms with Crippen molar-refractivity contribution in [3.8, 4) is 11.1 Å². The van der Waals surface area contributed by atoms with Crippen LogP contribution in [0.5, 0.6) is 0 Å². The summed E-state index contributed by atoms with van der Waals surface area (Å²) in [5, 5.41) is 0. The van der Waals surface area contributed by atoms with Gasteiger partial charge in [-0.1, -0.05) is 78.4 Å².